The van der Waals surface area contributed by atoms with E-state index in [1.54, 1.807) is 0 Å². The topological polar surface area (TPSA) is 61.8 Å². The summed E-state index contributed by atoms with van der Waals surface area (Å²) in [6.07, 6.45) is -0.553. The largest absolute Gasteiger partial charge is 0.475 e. The lowest BCUT2D eigenvalue weighted by Crippen LogP contribution is -2.53. The fourth-order valence-electron chi connectivity index (χ4n) is 9.37. The van der Waals surface area contributed by atoms with Crippen LogP contribution in [0.15, 0.2) is 211 Å². The highest BCUT2D eigenvalue weighted by Crippen LogP contribution is 2.66. The van der Waals surface area contributed by atoms with Crippen LogP contribution in [-0.2, 0) is 54.0 Å². The van der Waals surface area contributed by atoms with Crippen LogP contribution >= 0.6 is 8.53 Å². The molecule has 7 aromatic rings. The molecule has 3 atom stereocenters. The first-order valence-corrected chi connectivity index (χ1v) is 22.9. The lowest BCUT2D eigenvalue weighted by atomic mass is 9.72. The lowest BCUT2D eigenvalue weighted by molar-refractivity contribution is -0.175. The van der Waals surface area contributed by atoms with Crippen LogP contribution in [0.5, 0.6) is 0 Å². The van der Waals surface area contributed by atoms with Gasteiger partial charge in [0.15, 0.2) is 17.0 Å². The van der Waals surface area contributed by atoms with Gasteiger partial charge in [0.1, 0.15) is 18.8 Å². The number of benzene rings is 7. The molecule has 8 heteroatoms. The summed E-state index contributed by atoms with van der Waals surface area (Å²) in [5.74, 6) is -0.333. The molecule has 3 aliphatic heterocycles. The first kappa shape index (κ1) is 41.3. The van der Waals surface area contributed by atoms with Crippen molar-refractivity contribution in [2.75, 3.05) is 6.61 Å². The molecule has 0 N–H and O–H groups in total. The van der Waals surface area contributed by atoms with Gasteiger partial charge in [-0.2, -0.15) is 0 Å². The molecule has 7 aromatic carbocycles. The summed E-state index contributed by atoms with van der Waals surface area (Å²) in [5.41, 5.74) is 5.74. The van der Waals surface area contributed by atoms with E-state index in [2.05, 4.69) is 181 Å². The molecule has 0 saturated carbocycles. The van der Waals surface area contributed by atoms with Gasteiger partial charge in [-0.1, -0.05) is 200 Å². The molecule has 0 aromatic heterocycles. The molecular weight excluding hydrogens is 800 g/mol. The lowest BCUT2D eigenvalue weighted by Gasteiger charge is -2.41. The van der Waals surface area contributed by atoms with E-state index in [-0.39, 0.29) is 6.04 Å². The van der Waals surface area contributed by atoms with Crippen molar-refractivity contribution < 1.29 is 23.3 Å². The number of nitrogens with zero attached hydrogens (tertiary/aromatic N) is 2. The first-order valence-electron chi connectivity index (χ1n) is 21.8. The van der Waals surface area contributed by atoms with Crippen LogP contribution in [0.2, 0.25) is 0 Å². The van der Waals surface area contributed by atoms with Crippen LogP contribution in [0.25, 0.3) is 0 Å². The highest BCUT2D eigenvalue weighted by molar-refractivity contribution is 7.44. The number of fused-ring (bicyclic) bond motifs is 1. The third-order valence-electron chi connectivity index (χ3n) is 12.2. The van der Waals surface area contributed by atoms with E-state index in [1.165, 1.54) is 5.56 Å². The highest BCUT2D eigenvalue weighted by atomic mass is 31.2. The normalized spacial score (nSPS) is 21.3. The molecule has 0 radical (unpaired) electrons. The number of hydrogen-bond donors (Lipinski definition) is 0. The van der Waals surface area contributed by atoms with Crippen molar-refractivity contribution in [3.8, 4) is 0 Å². The van der Waals surface area contributed by atoms with E-state index in [0.29, 0.717) is 25.6 Å². The second-order valence-corrected chi connectivity index (χ2v) is 18.3. The van der Waals surface area contributed by atoms with E-state index < -0.39 is 37.7 Å². The van der Waals surface area contributed by atoms with Crippen molar-refractivity contribution in [2.24, 2.45) is 4.99 Å². The molecule has 0 unspecified atom stereocenters. The Morgan fingerprint density at radius 2 is 0.921 bits per heavy atom. The Kier molecular flexibility index (Phi) is 11.6. The van der Waals surface area contributed by atoms with Crippen molar-refractivity contribution >= 4 is 14.4 Å². The van der Waals surface area contributed by atoms with Crippen molar-refractivity contribution in [1.29, 1.82) is 0 Å². The maximum absolute atomic E-state index is 8.03. The Morgan fingerprint density at radius 3 is 1.40 bits per heavy atom. The van der Waals surface area contributed by atoms with Crippen LogP contribution in [0, 0.1) is 0 Å². The quantitative estimate of drug-likeness (QED) is 0.114. The predicted octanol–water partition coefficient (Wildman–Crippen LogP) is 11.8. The Bertz CT molecular complexity index is 2430. The van der Waals surface area contributed by atoms with E-state index >= 15 is 0 Å². The van der Waals surface area contributed by atoms with E-state index in [9.17, 15) is 0 Å². The Balaban J connectivity index is 1.18. The van der Waals surface area contributed by atoms with Crippen molar-refractivity contribution in [2.45, 2.75) is 68.6 Å². The minimum absolute atomic E-state index is 0.0205. The summed E-state index contributed by atoms with van der Waals surface area (Å²) in [6, 6.07) is 71.4. The molecule has 7 nitrogen and oxygen atoms in total. The molecule has 3 aliphatic rings. The standard InChI is InChI=1S/C55H51N2O5P/c1-53(2)59-50-51(60-53)55(46-32-17-7-18-33-46,47-34-19-8-20-35-47)62-63(61-54(50,44-28-13-5-14-29-44)45-30-15-6-16-31-45)57(38-42-25-11-4-12-26-42)39-43-27-21-22-36-49(43)52-56-48(40-58-52)37-41-23-9-3-10-24-41/h3-36,48,50-51H,37-40H2,1-2H3/t48-,50+,51+/m0/s1. The van der Waals surface area contributed by atoms with Gasteiger partial charge < -0.3 is 23.3 Å². The van der Waals surface area contributed by atoms with Crippen LogP contribution in [0.3, 0.4) is 0 Å². The van der Waals surface area contributed by atoms with Gasteiger partial charge in [0.2, 0.25) is 5.90 Å². The molecule has 0 aliphatic carbocycles. The maximum atomic E-state index is 8.03. The molecule has 0 spiro atoms. The number of aliphatic imine (C=N–C) groups is 1. The van der Waals surface area contributed by atoms with Gasteiger partial charge in [0, 0.05) is 18.7 Å². The second kappa shape index (κ2) is 17.8. The van der Waals surface area contributed by atoms with E-state index in [1.807, 2.05) is 44.2 Å². The number of hydrogen-bond acceptors (Lipinski definition) is 7. The molecular formula is C55H51N2O5P. The highest BCUT2D eigenvalue weighted by Gasteiger charge is 2.67. The monoisotopic (exact) mass is 850 g/mol. The van der Waals surface area contributed by atoms with E-state index in [0.717, 1.165) is 45.4 Å². The van der Waals surface area contributed by atoms with Gasteiger partial charge in [-0.3, -0.25) is 0 Å². The zero-order valence-corrected chi connectivity index (χ0v) is 36.5. The minimum Gasteiger partial charge on any atom is -0.475 e. The van der Waals surface area contributed by atoms with E-state index in [4.69, 9.17) is 28.3 Å². The summed E-state index contributed by atoms with van der Waals surface area (Å²) in [4.78, 5) is 5.18. The molecule has 316 valence electrons. The van der Waals surface area contributed by atoms with Crippen molar-refractivity contribution in [1.82, 2.24) is 4.67 Å². The number of rotatable bonds is 12. The Hall–Kier alpha value is -5.76. The molecule has 2 fully saturated rings. The molecule has 63 heavy (non-hydrogen) atoms. The average Bonchev–Trinajstić information content (AvgIpc) is 3.91. The van der Waals surface area contributed by atoms with Gasteiger partial charge in [-0.15, -0.1) is 0 Å². The molecule has 0 bridgehead atoms. The summed E-state index contributed by atoms with van der Waals surface area (Å²) in [6.45, 7) is 5.49. The van der Waals surface area contributed by atoms with Gasteiger partial charge >= 0.3 is 0 Å². The smallest absolute Gasteiger partial charge is 0.262 e. The van der Waals surface area contributed by atoms with Crippen LogP contribution in [0.4, 0.5) is 0 Å². The summed E-state index contributed by atoms with van der Waals surface area (Å²) >= 11 is 0. The summed E-state index contributed by atoms with van der Waals surface area (Å²) in [7, 11) is -2.01. The Labute approximate surface area is 371 Å². The van der Waals surface area contributed by atoms with Gasteiger partial charge in [-0.05, 0) is 65.3 Å². The van der Waals surface area contributed by atoms with Gasteiger partial charge in [-0.25, -0.2) is 9.66 Å². The first-order chi connectivity index (χ1) is 30.9. The van der Waals surface area contributed by atoms with Gasteiger partial charge in [0.05, 0.1) is 6.04 Å². The van der Waals surface area contributed by atoms with Crippen molar-refractivity contribution in [3.63, 3.8) is 0 Å². The fraction of sp³-hybridized carbons (Fsp3) is 0.218. The van der Waals surface area contributed by atoms with Gasteiger partial charge in [0.25, 0.3) is 8.53 Å². The zero-order chi connectivity index (χ0) is 42.7. The fourth-order valence-corrected chi connectivity index (χ4v) is 11.3. The number of ether oxygens (including phenoxy) is 3. The average molecular weight is 851 g/mol. The van der Waals surface area contributed by atoms with Crippen LogP contribution < -0.4 is 0 Å². The third kappa shape index (κ3) is 8.18. The SMILES string of the molecule is CC1(C)O[C@@H]2[C@@H](O1)C(c1ccccc1)(c1ccccc1)OP(N(Cc1ccccc1)Cc1ccccc1C1=N[C@@H](Cc3ccccc3)CO1)OC2(c1ccccc1)c1ccccc1. The predicted molar refractivity (Wildman–Crippen MR) is 249 cm³/mol. The third-order valence-corrected chi connectivity index (χ3v) is 13.9. The molecule has 10 rings (SSSR count). The molecule has 2 saturated heterocycles. The van der Waals surface area contributed by atoms with Crippen molar-refractivity contribution in [3.05, 3.63) is 251 Å². The second-order valence-electron chi connectivity index (χ2n) is 16.9. The minimum atomic E-state index is -2.01. The maximum Gasteiger partial charge on any atom is 0.262 e. The molecule has 3 heterocycles. The summed E-state index contributed by atoms with van der Waals surface area (Å²) in [5, 5.41) is 0. The summed E-state index contributed by atoms with van der Waals surface area (Å²) < 4.78 is 39.4. The van der Waals surface area contributed by atoms with Crippen LogP contribution in [-0.4, -0.2) is 41.2 Å². The van der Waals surface area contributed by atoms with Crippen LogP contribution in [0.1, 0.15) is 58.4 Å². The molecule has 0 amide bonds. The Morgan fingerprint density at radius 1 is 0.508 bits per heavy atom. The zero-order valence-electron chi connectivity index (χ0n) is 35.6.